The van der Waals surface area contributed by atoms with Crippen molar-refractivity contribution < 1.29 is 22.7 Å². The van der Waals surface area contributed by atoms with Gasteiger partial charge in [-0.3, -0.25) is 4.79 Å². The lowest BCUT2D eigenvalue weighted by Crippen LogP contribution is -2.26. The van der Waals surface area contributed by atoms with Crippen LogP contribution >= 0.6 is 0 Å². The second kappa shape index (κ2) is 8.47. The molecule has 0 aromatic heterocycles. The maximum absolute atomic E-state index is 11.7. The highest BCUT2D eigenvalue weighted by Crippen LogP contribution is 2.07. The van der Waals surface area contributed by atoms with Gasteiger partial charge in [0.05, 0.1) is 31.1 Å². The molecule has 0 amide bonds. The number of hydrogen-bond acceptors (Lipinski definition) is 5. The van der Waals surface area contributed by atoms with Gasteiger partial charge < -0.3 is 9.47 Å². The summed E-state index contributed by atoms with van der Waals surface area (Å²) in [5.41, 5.74) is 0. The maximum atomic E-state index is 11.7. The van der Waals surface area contributed by atoms with Crippen molar-refractivity contribution in [3.8, 4) is 0 Å². The van der Waals surface area contributed by atoms with Crippen LogP contribution in [0.1, 0.15) is 33.1 Å². The molecule has 0 saturated heterocycles. The zero-order valence-corrected chi connectivity index (χ0v) is 11.6. The van der Waals surface area contributed by atoms with Crippen LogP contribution in [-0.2, 0) is 24.1 Å². The molecule has 0 radical (unpaired) electrons. The third-order valence-corrected chi connectivity index (χ3v) is 4.58. The summed E-state index contributed by atoms with van der Waals surface area (Å²) < 4.78 is 33.1. The fraction of sp³-hybridized carbons (Fsp3) is 0.909. The molecule has 0 spiro atoms. The van der Waals surface area contributed by atoms with Gasteiger partial charge >= 0.3 is 5.97 Å². The molecule has 5 nitrogen and oxygen atoms in total. The van der Waals surface area contributed by atoms with Gasteiger partial charge in [-0.15, -0.1) is 0 Å². The summed E-state index contributed by atoms with van der Waals surface area (Å²) in [6, 6.07) is 0. The summed E-state index contributed by atoms with van der Waals surface area (Å²) in [4.78, 5) is 11.0. The van der Waals surface area contributed by atoms with Crippen molar-refractivity contribution in [1.82, 2.24) is 0 Å². The van der Waals surface area contributed by atoms with Crippen molar-refractivity contribution in [2.75, 3.05) is 26.1 Å². The van der Waals surface area contributed by atoms with E-state index in [2.05, 4.69) is 4.74 Å². The lowest BCUT2D eigenvalue weighted by molar-refractivity contribution is -0.140. The van der Waals surface area contributed by atoms with Gasteiger partial charge in [-0.2, -0.15) is 0 Å². The molecule has 0 aromatic carbocycles. The molecule has 102 valence electrons. The average Bonchev–Trinajstić information content (AvgIpc) is 2.28. The van der Waals surface area contributed by atoms with E-state index in [1.165, 1.54) is 14.0 Å². The molecule has 0 aliphatic rings. The molecule has 0 heterocycles. The number of esters is 1. The molecule has 17 heavy (non-hydrogen) atoms. The van der Waals surface area contributed by atoms with Crippen LogP contribution in [0, 0.1) is 0 Å². The number of unbranched alkanes of at least 4 members (excludes halogenated alkanes) is 1. The van der Waals surface area contributed by atoms with Crippen LogP contribution in [0.25, 0.3) is 0 Å². The third kappa shape index (κ3) is 7.33. The van der Waals surface area contributed by atoms with Gasteiger partial charge in [-0.1, -0.05) is 13.3 Å². The Hall–Kier alpha value is -0.620. The van der Waals surface area contributed by atoms with E-state index >= 15 is 0 Å². The predicted octanol–water partition coefficient (Wildman–Crippen LogP) is 1.17. The molecule has 6 heteroatoms. The zero-order chi connectivity index (χ0) is 13.3. The molecule has 0 saturated carbocycles. The van der Waals surface area contributed by atoms with Gasteiger partial charge in [0.2, 0.25) is 0 Å². The first kappa shape index (κ1) is 16.4. The number of ether oxygens (including phenoxy) is 2. The van der Waals surface area contributed by atoms with Crippen molar-refractivity contribution in [1.29, 1.82) is 0 Å². The Balaban J connectivity index is 3.97. The van der Waals surface area contributed by atoms with Gasteiger partial charge in [0.1, 0.15) is 0 Å². The Bertz CT molecular complexity index is 310. The molecule has 0 N–H and O–H groups in total. The third-order valence-electron chi connectivity index (χ3n) is 2.45. The fourth-order valence-electron chi connectivity index (χ4n) is 1.17. The maximum Gasteiger partial charge on any atom is 0.306 e. The van der Waals surface area contributed by atoms with Crippen molar-refractivity contribution in [2.24, 2.45) is 0 Å². The zero-order valence-electron chi connectivity index (χ0n) is 10.8. The normalized spacial score (nSPS) is 13.4. The number of methoxy groups -OCH3 is 1. The van der Waals surface area contributed by atoms with Gasteiger partial charge in [-0.05, 0) is 13.3 Å². The van der Waals surface area contributed by atoms with Crippen LogP contribution in [0.3, 0.4) is 0 Å². The summed E-state index contributed by atoms with van der Waals surface area (Å²) in [5, 5.41) is -0.718. The minimum absolute atomic E-state index is 0.0468. The first-order valence-electron chi connectivity index (χ1n) is 5.80. The van der Waals surface area contributed by atoms with E-state index in [-0.39, 0.29) is 18.8 Å². The van der Waals surface area contributed by atoms with Crippen LogP contribution in [0.5, 0.6) is 0 Å². The second-order valence-corrected chi connectivity index (χ2v) is 6.46. The Morgan fingerprint density at radius 2 is 1.94 bits per heavy atom. The van der Waals surface area contributed by atoms with Crippen molar-refractivity contribution in [3.05, 3.63) is 0 Å². The smallest absolute Gasteiger partial charge is 0.306 e. The van der Waals surface area contributed by atoms with Gasteiger partial charge in [0.15, 0.2) is 9.84 Å². The molecule has 0 bridgehead atoms. The van der Waals surface area contributed by atoms with E-state index in [4.69, 9.17) is 4.74 Å². The highest BCUT2D eigenvalue weighted by Gasteiger charge is 2.23. The molecule has 0 aliphatic heterocycles. The SMILES string of the molecule is CCCCOCCS(=O)(=O)C(C)CC(=O)OC. The second-order valence-electron chi connectivity index (χ2n) is 3.92. The van der Waals surface area contributed by atoms with Gasteiger partial charge in [-0.25, -0.2) is 8.42 Å². The Labute approximate surface area is 103 Å². The first-order chi connectivity index (χ1) is 7.94. The minimum Gasteiger partial charge on any atom is -0.469 e. The summed E-state index contributed by atoms with van der Waals surface area (Å²) in [6.07, 6.45) is 1.84. The van der Waals surface area contributed by atoms with E-state index in [0.717, 1.165) is 12.8 Å². The topological polar surface area (TPSA) is 69.7 Å². The van der Waals surface area contributed by atoms with Gasteiger partial charge in [0.25, 0.3) is 0 Å². The predicted molar refractivity (Wildman–Crippen MR) is 65.6 cm³/mol. The van der Waals surface area contributed by atoms with Crippen LogP contribution in [-0.4, -0.2) is 45.7 Å². The fourth-order valence-corrected chi connectivity index (χ4v) is 2.31. The molecule has 1 unspecified atom stereocenters. The van der Waals surface area contributed by atoms with Crippen LogP contribution in [0.2, 0.25) is 0 Å². The number of carbonyl (C=O) groups excluding carboxylic acids is 1. The van der Waals surface area contributed by atoms with E-state index in [1.807, 2.05) is 6.92 Å². The van der Waals surface area contributed by atoms with E-state index in [1.54, 1.807) is 0 Å². The molecule has 0 fully saturated rings. The van der Waals surface area contributed by atoms with E-state index < -0.39 is 21.1 Å². The lowest BCUT2D eigenvalue weighted by atomic mass is 10.3. The number of rotatable bonds is 9. The Morgan fingerprint density at radius 3 is 2.47 bits per heavy atom. The van der Waals surface area contributed by atoms with E-state index in [9.17, 15) is 13.2 Å². The molecular weight excluding hydrogens is 244 g/mol. The van der Waals surface area contributed by atoms with Crippen molar-refractivity contribution >= 4 is 15.8 Å². The highest BCUT2D eigenvalue weighted by atomic mass is 32.2. The first-order valence-corrected chi connectivity index (χ1v) is 7.51. The van der Waals surface area contributed by atoms with Gasteiger partial charge in [0, 0.05) is 6.61 Å². The largest absolute Gasteiger partial charge is 0.469 e. The average molecular weight is 266 g/mol. The molecule has 0 aliphatic carbocycles. The monoisotopic (exact) mass is 266 g/mol. The minimum atomic E-state index is -3.28. The Kier molecular flexibility index (Phi) is 8.16. The quantitative estimate of drug-likeness (QED) is 0.463. The lowest BCUT2D eigenvalue weighted by Gasteiger charge is -2.11. The molecular formula is C11H22O5S. The highest BCUT2D eigenvalue weighted by molar-refractivity contribution is 7.92. The molecule has 0 aromatic rings. The van der Waals surface area contributed by atoms with Crippen LogP contribution in [0.15, 0.2) is 0 Å². The molecule has 1 atom stereocenters. The van der Waals surface area contributed by atoms with Crippen LogP contribution in [0.4, 0.5) is 0 Å². The summed E-state index contributed by atoms with van der Waals surface area (Å²) in [6.45, 7) is 4.32. The molecule has 0 rings (SSSR count). The number of hydrogen-bond donors (Lipinski definition) is 0. The summed E-state index contributed by atoms with van der Waals surface area (Å²) >= 11 is 0. The summed E-state index contributed by atoms with van der Waals surface area (Å²) in [7, 11) is -2.03. The van der Waals surface area contributed by atoms with Crippen molar-refractivity contribution in [3.63, 3.8) is 0 Å². The Morgan fingerprint density at radius 1 is 1.29 bits per heavy atom. The van der Waals surface area contributed by atoms with Crippen LogP contribution < -0.4 is 0 Å². The standard InChI is InChI=1S/C11H22O5S/c1-4-5-6-16-7-8-17(13,14)10(2)9-11(12)15-3/h10H,4-9H2,1-3H3. The number of sulfone groups is 1. The number of carbonyl (C=O) groups is 1. The van der Waals surface area contributed by atoms with E-state index in [0.29, 0.717) is 6.61 Å². The van der Waals surface area contributed by atoms with Crippen molar-refractivity contribution in [2.45, 2.75) is 38.4 Å². The summed E-state index contributed by atoms with van der Waals surface area (Å²) in [5.74, 6) is -0.553.